The van der Waals surface area contributed by atoms with E-state index < -0.39 is 0 Å². The Morgan fingerprint density at radius 3 is 2.94 bits per heavy atom. The molecule has 0 atom stereocenters. The average molecular weight is 261 g/mol. The van der Waals surface area contributed by atoms with E-state index in [9.17, 15) is 4.79 Å². The maximum atomic E-state index is 11.8. The molecular formula is C13H15N3OS. The van der Waals surface area contributed by atoms with Crippen molar-refractivity contribution in [2.75, 3.05) is 19.0 Å². The molecule has 0 saturated carbocycles. The Kier molecular flexibility index (Phi) is 3.94. The molecule has 94 valence electrons. The van der Waals surface area contributed by atoms with Crippen LogP contribution in [0, 0.1) is 0 Å². The monoisotopic (exact) mass is 261 g/mol. The second-order valence-electron chi connectivity index (χ2n) is 4.08. The van der Waals surface area contributed by atoms with Gasteiger partial charge in [-0.2, -0.15) is 0 Å². The van der Waals surface area contributed by atoms with Gasteiger partial charge in [-0.05, 0) is 29.1 Å². The zero-order valence-corrected chi connectivity index (χ0v) is 11.2. The van der Waals surface area contributed by atoms with Crippen molar-refractivity contribution in [3.8, 4) is 0 Å². The number of anilines is 1. The van der Waals surface area contributed by atoms with Crippen molar-refractivity contribution in [2.45, 2.75) is 6.54 Å². The summed E-state index contributed by atoms with van der Waals surface area (Å²) < 4.78 is 0. The fourth-order valence-corrected chi connectivity index (χ4v) is 2.13. The Morgan fingerprint density at radius 2 is 2.28 bits per heavy atom. The van der Waals surface area contributed by atoms with Crippen molar-refractivity contribution in [3.05, 3.63) is 46.3 Å². The van der Waals surface area contributed by atoms with Crippen molar-refractivity contribution in [3.63, 3.8) is 0 Å². The van der Waals surface area contributed by atoms with Gasteiger partial charge >= 0.3 is 0 Å². The van der Waals surface area contributed by atoms with Crippen LogP contribution in [-0.2, 0) is 6.54 Å². The first kappa shape index (κ1) is 12.6. The van der Waals surface area contributed by atoms with Gasteiger partial charge in [-0.1, -0.05) is 6.07 Å². The number of carbonyl (C=O) groups is 1. The maximum absolute atomic E-state index is 11.8. The molecule has 18 heavy (non-hydrogen) atoms. The maximum Gasteiger partial charge on any atom is 0.261 e. The lowest BCUT2D eigenvalue weighted by Gasteiger charge is -2.12. The van der Waals surface area contributed by atoms with Gasteiger partial charge < -0.3 is 10.2 Å². The summed E-state index contributed by atoms with van der Waals surface area (Å²) in [5, 5.41) is 4.79. The molecule has 2 heterocycles. The van der Waals surface area contributed by atoms with E-state index in [2.05, 4.69) is 10.3 Å². The molecule has 2 aromatic rings. The third-order valence-corrected chi connectivity index (χ3v) is 3.33. The SMILES string of the molecule is CN(C)c1cc(CNC(=O)c2cccs2)ccn1. The van der Waals surface area contributed by atoms with Gasteiger partial charge in [-0.15, -0.1) is 11.3 Å². The highest BCUT2D eigenvalue weighted by atomic mass is 32.1. The van der Waals surface area contributed by atoms with Crippen molar-refractivity contribution >= 4 is 23.1 Å². The van der Waals surface area contributed by atoms with Gasteiger partial charge in [-0.25, -0.2) is 4.98 Å². The van der Waals surface area contributed by atoms with Crippen LogP contribution in [0.4, 0.5) is 5.82 Å². The van der Waals surface area contributed by atoms with Crippen LogP contribution in [0.15, 0.2) is 35.8 Å². The summed E-state index contributed by atoms with van der Waals surface area (Å²) in [6, 6.07) is 7.56. The summed E-state index contributed by atoms with van der Waals surface area (Å²) in [4.78, 5) is 18.7. The summed E-state index contributed by atoms with van der Waals surface area (Å²) in [7, 11) is 3.88. The predicted molar refractivity (Wildman–Crippen MR) is 74.1 cm³/mol. The van der Waals surface area contributed by atoms with Gasteiger partial charge in [0.2, 0.25) is 0 Å². The molecule has 0 aliphatic heterocycles. The van der Waals surface area contributed by atoms with Crippen molar-refractivity contribution < 1.29 is 4.79 Å². The predicted octanol–water partition coefficient (Wildman–Crippen LogP) is 2.14. The first-order chi connectivity index (χ1) is 8.66. The molecule has 0 unspecified atom stereocenters. The van der Waals surface area contributed by atoms with E-state index in [4.69, 9.17) is 0 Å². The summed E-state index contributed by atoms with van der Waals surface area (Å²) in [6.07, 6.45) is 1.75. The highest BCUT2D eigenvalue weighted by Crippen LogP contribution is 2.11. The van der Waals surface area contributed by atoms with Gasteiger partial charge in [0.15, 0.2) is 0 Å². The van der Waals surface area contributed by atoms with Crippen LogP contribution in [0.25, 0.3) is 0 Å². The molecule has 0 spiro atoms. The highest BCUT2D eigenvalue weighted by Gasteiger charge is 2.06. The minimum atomic E-state index is -0.0341. The van der Waals surface area contributed by atoms with Crippen molar-refractivity contribution in [1.82, 2.24) is 10.3 Å². The van der Waals surface area contributed by atoms with E-state index in [0.29, 0.717) is 6.54 Å². The molecular weight excluding hydrogens is 246 g/mol. The lowest BCUT2D eigenvalue weighted by atomic mass is 10.2. The van der Waals surface area contributed by atoms with Crippen LogP contribution >= 0.6 is 11.3 Å². The second-order valence-corrected chi connectivity index (χ2v) is 5.02. The lowest BCUT2D eigenvalue weighted by molar-refractivity contribution is 0.0955. The van der Waals surface area contributed by atoms with Crippen LogP contribution in [0.2, 0.25) is 0 Å². The molecule has 0 aliphatic rings. The fraction of sp³-hybridized carbons (Fsp3) is 0.231. The normalized spacial score (nSPS) is 10.1. The minimum Gasteiger partial charge on any atom is -0.363 e. The molecule has 0 radical (unpaired) electrons. The van der Waals surface area contributed by atoms with Crippen LogP contribution in [-0.4, -0.2) is 25.0 Å². The van der Waals surface area contributed by atoms with Gasteiger partial charge in [-0.3, -0.25) is 4.79 Å². The number of pyridine rings is 1. The number of carbonyl (C=O) groups excluding carboxylic acids is 1. The van der Waals surface area contributed by atoms with Crippen LogP contribution < -0.4 is 10.2 Å². The molecule has 4 nitrogen and oxygen atoms in total. The number of hydrogen-bond acceptors (Lipinski definition) is 4. The molecule has 0 bridgehead atoms. The Labute approximate surface area is 110 Å². The van der Waals surface area contributed by atoms with E-state index in [-0.39, 0.29) is 5.91 Å². The molecule has 2 rings (SSSR count). The number of nitrogens with zero attached hydrogens (tertiary/aromatic N) is 2. The molecule has 0 aliphatic carbocycles. The third-order valence-electron chi connectivity index (χ3n) is 2.47. The Balaban J connectivity index is 1.98. The number of thiophene rings is 1. The van der Waals surface area contributed by atoms with E-state index in [1.807, 2.05) is 48.6 Å². The standard InChI is InChI=1S/C13H15N3OS/c1-16(2)12-8-10(5-6-14-12)9-15-13(17)11-4-3-7-18-11/h3-8H,9H2,1-2H3,(H,15,17). The average Bonchev–Trinajstić information content (AvgIpc) is 2.90. The molecule has 2 aromatic heterocycles. The van der Waals surface area contributed by atoms with Gasteiger partial charge in [0.25, 0.3) is 5.91 Å². The largest absolute Gasteiger partial charge is 0.363 e. The zero-order valence-electron chi connectivity index (χ0n) is 10.4. The number of nitrogens with one attached hydrogen (secondary N) is 1. The smallest absolute Gasteiger partial charge is 0.261 e. The summed E-state index contributed by atoms with van der Waals surface area (Å²) in [5.41, 5.74) is 1.04. The van der Waals surface area contributed by atoms with E-state index in [1.165, 1.54) is 11.3 Å². The number of aromatic nitrogens is 1. The molecule has 1 amide bonds. The quantitative estimate of drug-likeness (QED) is 0.917. The third kappa shape index (κ3) is 3.07. The molecule has 5 heteroatoms. The lowest BCUT2D eigenvalue weighted by Crippen LogP contribution is -2.22. The summed E-state index contributed by atoms with van der Waals surface area (Å²) in [6.45, 7) is 0.514. The van der Waals surface area contributed by atoms with Gasteiger partial charge in [0, 0.05) is 26.8 Å². The Morgan fingerprint density at radius 1 is 1.44 bits per heavy atom. The second kappa shape index (κ2) is 5.64. The number of hydrogen-bond donors (Lipinski definition) is 1. The highest BCUT2D eigenvalue weighted by molar-refractivity contribution is 7.12. The van der Waals surface area contributed by atoms with E-state index in [0.717, 1.165) is 16.3 Å². The van der Waals surface area contributed by atoms with Crippen molar-refractivity contribution in [2.24, 2.45) is 0 Å². The zero-order chi connectivity index (χ0) is 13.0. The van der Waals surface area contributed by atoms with E-state index in [1.54, 1.807) is 6.20 Å². The van der Waals surface area contributed by atoms with Crippen LogP contribution in [0.1, 0.15) is 15.2 Å². The molecule has 0 saturated heterocycles. The minimum absolute atomic E-state index is 0.0341. The topological polar surface area (TPSA) is 45.2 Å². The Hall–Kier alpha value is -1.88. The number of rotatable bonds is 4. The first-order valence-electron chi connectivity index (χ1n) is 5.61. The molecule has 0 fully saturated rings. The van der Waals surface area contributed by atoms with Crippen LogP contribution in [0.5, 0.6) is 0 Å². The fourth-order valence-electron chi connectivity index (χ4n) is 1.49. The van der Waals surface area contributed by atoms with Crippen LogP contribution in [0.3, 0.4) is 0 Å². The van der Waals surface area contributed by atoms with Crippen molar-refractivity contribution in [1.29, 1.82) is 0 Å². The Bertz CT molecular complexity index is 523. The van der Waals surface area contributed by atoms with Gasteiger partial charge in [0.05, 0.1) is 4.88 Å². The summed E-state index contributed by atoms with van der Waals surface area (Å²) in [5.74, 6) is 0.853. The van der Waals surface area contributed by atoms with E-state index >= 15 is 0 Å². The molecule has 0 aromatic carbocycles. The number of amides is 1. The van der Waals surface area contributed by atoms with Gasteiger partial charge in [0.1, 0.15) is 5.82 Å². The summed E-state index contributed by atoms with van der Waals surface area (Å²) >= 11 is 1.44. The molecule has 1 N–H and O–H groups in total. The first-order valence-corrected chi connectivity index (χ1v) is 6.49.